The van der Waals surface area contributed by atoms with Gasteiger partial charge in [-0.25, -0.2) is 0 Å². The van der Waals surface area contributed by atoms with Crippen LogP contribution < -0.4 is 0 Å². The van der Waals surface area contributed by atoms with Gasteiger partial charge in [-0.1, -0.05) is 36.4 Å². The minimum absolute atomic E-state index is 0.00682. The molecule has 1 heterocycles. The van der Waals surface area contributed by atoms with Gasteiger partial charge in [0.1, 0.15) is 5.88 Å². The molecule has 0 bridgehead atoms. The Morgan fingerprint density at radius 3 is 2.42 bits per heavy atom. The fourth-order valence-electron chi connectivity index (χ4n) is 2.47. The third kappa shape index (κ3) is 6.44. The van der Waals surface area contributed by atoms with Crippen molar-refractivity contribution in [3.63, 3.8) is 0 Å². The predicted octanol–water partition coefficient (Wildman–Crippen LogP) is 2.99. The van der Waals surface area contributed by atoms with Gasteiger partial charge in [-0.05, 0) is 17.0 Å². The number of amides is 2. The molecule has 0 saturated heterocycles. The molecule has 2 rings (SSSR count). The zero-order valence-corrected chi connectivity index (χ0v) is 16.3. The van der Waals surface area contributed by atoms with E-state index in [9.17, 15) is 9.59 Å². The zero-order chi connectivity index (χ0) is 18.8. The number of alkyl halides is 1. The van der Waals surface area contributed by atoms with E-state index >= 15 is 0 Å². The quantitative estimate of drug-likeness (QED) is 0.582. The lowest BCUT2D eigenvalue weighted by Crippen LogP contribution is -2.44. The highest BCUT2D eigenvalue weighted by Crippen LogP contribution is 2.15. The third-order valence-electron chi connectivity index (χ3n) is 3.85. The van der Waals surface area contributed by atoms with E-state index in [1.165, 1.54) is 4.90 Å². The van der Waals surface area contributed by atoms with Crippen LogP contribution in [0.2, 0.25) is 0 Å². The second kappa shape index (κ2) is 11.0. The average molecular weight is 395 g/mol. The first kappa shape index (κ1) is 20.4. The summed E-state index contributed by atoms with van der Waals surface area (Å²) < 4.78 is 5.03. The maximum Gasteiger partial charge on any atom is 0.242 e. The molecular weight excluding hydrogens is 372 g/mol. The van der Waals surface area contributed by atoms with Crippen LogP contribution in [-0.2, 0) is 27.4 Å². The first-order valence-electron chi connectivity index (χ1n) is 8.30. The maximum atomic E-state index is 12.9. The van der Waals surface area contributed by atoms with E-state index in [1.54, 1.807) is 23.3 Å². The third-order valence-corrected chi connectivity index (χ3v) is 4.94. The topological polar surface area (TPSA) is 49.9 Å². The van der Waals surface area contributed by atoms with Gasteiger partial charge < -0.3 is 14.5 Å². The second-order valence-corrected chi connectivity index (χ2v) is 7.06. The fraction of sp³-hybridized carbons (Fsp3) is 0.368. The number of carbonyl (C=O) groups is 2. The lowest BCUT2D eigenvalue weighted by molar-refractivity contribution is -0.140. The highest BCUT2D eigenvalue weighted by atomic mass is 35.5. The Balaban J connectivity index is 2.11. The minimum Gasteiger partial charge on any atom is -0.383 e. The second-order valence-electron chi connectivity index (χ2n) is 5.76. The Hall–Kier alpha value is -1.89. The highest BCUT2D eigenvalue weighted by molar-refractivity contribution is 7.09. The predicted molar refractivity (Wildman–Crippen MR) is 104 cm³/mol. The monoisotopic (exact) mass is 394 g/mol. The van der Waals surface area contributed by atoms with Crippen LogP contribution in [0.3, 0.4) is 0 Å². The summed E-state index contributed by atoms with van der Waals surface area (Å²) in [5.74, 6) is -0.537. The van der Waals surface area contributed by atoms with Gasteiger partial charge >= 0.3 is 0 Å². The molecule has 0 aliphatic carbocycles. The van der Waals surface area contributed by atoms with Crippen molar-refractivity contribution in [1.29, 1.82) is 0 Å². The van der Waals surface area contributed by atoms with E-state index in [-0.39, 0.29) is 24.2 Å². The maximum absolute atomic E-state index is 12.9. The lowest BCUT2D eigenvalue weighted by atomic mass is 10.2. The molecule has 0 radical (unpaired) electrons. The molecule has 7 heteroatoms. The number of carbonyl (C=O) groups excluding carboxylic acids is 2. The van der Waals surface area contributed by atoms with Crippen molar-refractivity contribution >= 4 is 34.8 Å². The van der Waals surface area contributed by atoms with E-state index in [4.69, 9.17) is 16.3 Å². The lowest BCUT2D eigenvalue weighted by Gasteiger charge is -2.27. The van der Waals surface area contributed by atoms with Crippen LogP contribution in [0, 0.1) is 0 Å². The SMILES string of the molecule is COCCN(CC(=O)N(Cc1ccccc1)Cc1cccs1)C(=O)CCl. The molecule has 1 aromatic carbocycles. The van der Waals surface area contributed by atoms with E-state index in [2.05, 4.69) is 0 Å². The highest BCUT2D eigenvalue weighted by Gasteiger charge is 2.21. The normalized spacial score (nSPS) is 10.5. The van der Waals surface area contributed by atoms with Gasteiger partial charge in [0.15, 0.2) is 0 Å². The molecule has 140 valence electrons. The average Bonchev–Trinajstić information content (AvgIpc) is 3.17. The Morgan fingerprint density at radius 1 is 1.04 bits per heavy atom. The number of benzene rings is 1. The first-order chi connectivity index (χ1) is 12.6. The zero-order valence-electron chi connectivity index (χ0n) is 14.8. The number of ether oxygens (including phenoxy) is 1. The summed E-state index contributed by atoms with van der Waals surface area (Å²) in [6, 6.07) is 13.8. The van der Waals surface area contributed by atoms with E-state index in [0.717, 1.165) is 10.4 Å². The standard InChI is InChI=1S/C19H23ClN2O3S/c1-25-10-9-21(18(23)12-20)15-19(24)22(14-17-8-5-11-26-17)13-16-6-3-2-4-7-16/h2-8,11H,9-10,12-15H2,1H3. The molecule has 5 nitrogen and oxygen atoms in total. The van der Waals surface area contributed by atoms with Crippen LogP contribution in [0.4, 0.5) is 0 Å². The summed E-state index contributed by atoms with van der Waals surface area (Å²) in [5, 5.41) is 1.99. The van der Waals surface area contributed by atoms with Crippen molar-refractivity contribution in [3.05, 3.63) is 58.3 Å². The first-order valence-corrected chi connectivity index (χ1v) is 9.72. The number of thiophene rings is 1. The number of halogens is 1. The molecule has 1 aromatic heterocycles. The van der Waals surface area contributed by atoms with Crippen LogP contribution in [0.1, 0.15) is 10.4 Å². The molecule has 26 heavy (non-hydrogen) atoms. The van der Waals surface area contributed by atoms with Crippen molar-refractivity contribution in [3.8, 4) is 0 Å². The number of hydrogen-bond donors (Lipinski definition) is 0. The summed E-state index contributed by atoms with van der Waals surface area (Å²) in [7, 11) is 1.56. The van der Waals surface area contributed by atoms with E-state index < -0.39 is 0 Å². The Morgan fingerprint density at radius 2 is 1.81 bits per heavy atom. The van der Waals surface area contributed by atoms with Crippen LogP contribution >= 0.6 is 22.9 Å². The van der Waals surface area contributed by atoms with Gasteiger partial charge in [0.25, 0.3) is 0 Å². The summed E-state index contributed by atoms with van der Waals surface area (Å²) in [5.41, 5.74) is 1.05. The number of rotatable bonds is 10. The van der Waals surface area contributed by atoms with Crippen molar-refractivity contribution in [2.24, 2.45) is 0 Å². The van der Waals surface area contributed by atoms with Gasteiger partial charge in [0.2, 0.25) is 11.8 Å². The molecule has 2 amide bonds. The fourth-order valence-corrected chi connectivity index (χ4v) is 3.36. The number of hydrogen-bond acceptors (Lipinski definition) is 4. The Labute approximate surface area is 163 Å². The van der Waals surface area contributed by atoms with Crippen LogP contribution in [0.15, 0.2) is 47.8 Å². The Kier molecular flexibility index (Phi) is 8.61. The molecule has 0 atom stereocenters. The van der Waals surface area contributed by atoms with E-state index in [0.29, 0.717) is 26.2 Å². The summed E-state index contributed by atoms with van der Waals surface area (Å²) >= 11 is 7.29. The van der Waals surface area contributed by atoms with Crippen molar-refractivity contribution in [2.45, 2.75) is 13.1 Å². The smallest absolute Gasteiger partial charge is 0.242 e. The molecule has 0 saturated carbocycles. The summed E-state index contributed by atoms with van der Waals surface area (Å²) in [6.45, 7) is 1.70. The molecule has 0 unspecified atom stereocenters. The van der Waals surface area contributed by atoms with Crippen molar-refractivity contribution in [1.82, 2.24) is 9.80 Å². The van der Waals surface area contributed by atoms with Crippen LogP contribution in [0.5, 0.6) is 0 Å². The van der Waals surface area contributed by atoms with Crippen LogP contribution in [-0.4, -0.2) is 54.3 Å². The van der Waals surface area contributed by atoms with Gasteiger partial charge in [0, 0.05) is 25.1 Å². The van der Waals surface area contributed by atoms with Crippen molar-refractivity contribution in [2.75, 3.05) is 32.7 Å². The van der Waals surface area contributed by atoms with Gasteiger partial charge in [-0.15, -0.1) is 22.9 Å². The van der Waals surface area contributed by atoms with E-state index in [1.807, 2.05) is 47.8 Å². The molecule has 0 aliphatic rings. The summed E-state index contributed by atoms with van der Waals surface area (Å²) in [4.78, 5) is 29.3. The molecule has 0 spiro atoms. The van der Waals surface area contributed by atoms with Gasteiger partial charge in [-0.2, -0.15) is 0 Å². The molecule has 0 N–H and O–H groups in total. The number of methoxy groups -OCH3 is 1. The minimum atomic E-state index is -0.271. The molecule has 0 fully saturated rings. The van der Waals surface area contributed by atoms with Crippen molar-refractivity contribution < 1.29 is 14.3 Å². The number of nitrogens with zero attached hydrogens (tertiary/aromatic N) is 2. The molecule has 0 aliphatic heterocycles. The van der Waals surface area contributed by atoms with Gasteiger partial charge in [0.05, 0.1) is 19.7 Å². The van der Waals surface area contributed by atoms with Gasteiger partial charge in [-0.3, -0.25) is 9.59 Å². The largest absolute Gasteiger partial charge is 0.383 e. The Bertz CT molecular complexity index is 679. The molecular formula is C19H23ClN2O3S. The molecule has 2 aromatic rings. The summed E-state index contributed by atoms with van der Waals surface area (Å²) in [6.07, 6.45) is 0. The van der Waals surface area contributed by atoms with Crippen LogP contribution in [0.25, 0.3) is 0 Å².